The molecule has 0 aliphatic carbocycles. The molecule has 2 aromatic rings. The Labute approximate surface area is 158 Å². The second kappa shape index (κ2) is 7.25. The molecule has 1 aromatic carbocycles. The van der Waals surface area contributed by atoms with Crippen LogP contribution in [0.1, 0.15) is 37.9 Å². The summed E-state index contributed by atoms with van der Waals surface area (Å²) in [6.45, 7) is 6.97. The largest absolute Gasteiger partial charge is 0.348 e. The summed E-state index contributed by atoms with van der Waals surface area (Å²) in [5, 5.41) is 2.71. The van der Waals surface area contributed by atoms with Crippen LogP contribution in [-0.2, 0) is 16.1 Å². The fourth-order valence-corrected chi connectivity index (χ4v) is 3.18. The van der Waals surface area contributed by atoms with Crippen molar-refractivity contribution < 1.29 is 9.59 Å². The van der Waals surface area contributed by atoms with Crippen LogP contribution in [0.4, 0.5) is 5.69 Å². The van der Waals surface area contributed by atoms with Crippen LogP contribution in [0.5, 0.6) is 0 Å². The maximum Gasteiger partial charge on any atom is 0.270 e. The minimum Gasteiger partial charge on any atom is -0.348 e. The normalized spacial score (nSPS) is 16.5. The van der Waals surface area contributed by atoms with Crippen molar-refractivity contribution >= 4 is 40.9 Å². The first-order chi connectivity index (χ1) is 12.4. The highest BCUT2D eigenvalue weighted by Gasteiger charge is 2.34. The maximum atomic E-state index is 13.0. The minimum atomic E-state index is -0.473. The lowest BCUT2D eigenvalue weighted by Crippen LogP contribution is -2.54. The van der Waals surface area contributed by atoms with Gasteiger partial charge in [-0.3, -0.25) is 19.8 Å². The molecule has 1 aliphatic heterocycles. The van der Waals surface area contributed by atoms with E-state index >= 15 is 0 Å². The van der Waals surface area contributed by atoms with E-state index in [1.165, 1.54) is 10.5 Å². The Morgan fingerprint density at radius 2 is 1.85 bits per heavy atom. The SMILES string of the molecule is CCn1cccc1/C=C1\C(=O)NC(=S)N(c2ccc(C(C)C)cc2)C1=O. The zero-order valence-corrected chi connectivity index (χ0v) is 15.8. The van der Waals surface area contributed by atoms with Crippen LogP contribution in [0.15, 0.2) is 48.2 Å². The van der Waals surface area contributed by atoms with Crippen LogP contribution in [0, 0.1) is 0 Å². The quantitative estimate of drug-likeness (QED) is 0.511. The summed E-state index contributed by atoms with van der Waals surface area (Å²) in [5.41, 5.74) is 2.68. The fraction of sp³-hybridized carbons (Fsp3) is 0.250. The molecule has 0 atom stereocenters. The van der Waals surface area contributed by atoms with Crippen molar-refractivity contribution in [3.63, 3.8) is 0 Å². The molecule has 0 unspecified atom stereocenters. The van der Waals surface area contributed by atoms with E-state index in [2.05, 4.69) is 19.2 Å². The predicted octanol–water partition coefficient (Wildman–Crippen LogP) is 3.46. The first-order valence-corrected chi connectivity index (χ1v) is 8.99. The van der Waals surface area contributed by atoms with Crippen molar-refractivity contribution in [3.05, 3.63) is 59.4 Å². The van der Waals surface area contributed by atoms with E-state index in [0.717, 1.165) is 12.2 Å². The summed E-state index contributed by atoms with van der Waals surface area (Å²) in [6, 6.07) is 11.4. The third kappa shape index (κ3) is 3.32. The predicted molar refractivity (Wildman–Crippen MR) is 107 cm³/mol. The van der Waals surface area contributed by atoms with E-state index in [1.807, 2.05) is 54.1 Å². The highest BCUT2D eigenvalue weighted by atomic mass is 32.1. The molecular formula is C20H21N3O2S. The molecule has 1 aliphatic rings. The van der Waals surface area contributed by atoms with Gasteiger partial charge in [0.25, 0.3) is 11.8 Å². The lowest BCUT2D eigenvalue weighted by Gasteiger charge is -2.29. The number of carbonyl (C=O) groups excluding carboxylic acids is 2. The smallest absolute Gasteiger partial charge is 0.270 e. The van der Waals surface area contributed by atoms with Gasteiger partial charge in [0.05, 0.1) is 5.69 Å². The molecule has 0 spiro atoms. The number of rotatable bonds is 4. The number of amides is 2. The molecule has 134 valence electrons. The number of thiocarbonyl (C=S) groups is 1. The van der Waals surface area contributed by atoms with Gasteiger partial charge in [-0.05, 0) is 61.0 Å². The van der Waals surface area contributed by atoms with Gasteiger partial charge in [0.15, 0.2) is 5.11 Å². The number of benzene rings is 1. The van der Waals surface area contributed by atoms with Crippen molar-refractivity contribution in [1.82, 2.24) is 9.88 Å². The van der Waals surface area contributed by atoms with Gasteiger partial charge in [0, 0.05) is 18.4 Å². The Morgan fingerprint density at radius 3 is 2.46 bits per heavy atom. The van der Waals surface area contributed by atoms with Crippen molar-refractivity contribution in [2.75, 3.05) is 4.90 Å². The number of hydrogen-bond acceptors (Lipinski definition) is 3. The molecule has 0 saturated carbocycles. The molecule has 2 heterocycles. The molecule has 3 rings (SSSR count). The average molecular weight is 367 g/mol. The monoisotopic (exact) mass is 367 g/mol. The Balaban J connectivity index is 1.98. The topological polar surface area (TPSA) is 54.3 Å². The Bertz CT molecular complexity index is 894. The first-order valence-electron chi connectivity index (χ1n) is 8.59. The second-order valence-electron chi connectivity index (χ2n) is 6.42. The summed E-state index contributed by atoms with van der Waals surface area (Å²) in [5.74, 6) is -0.496. The molecule has 1 aromatic heterocycles. The molecule has 5 nitrogen and oxygen atoms in total. The van der Waals surface area contributed by atoms with E-state index in [4.69, 9.17) is 12.2 Å². The van der Waals surface area contributed by atoms with Crippen molar-refractivity contribution in [2.24, 2.45) is 0 Å². The average Bonchev–Trinajstić information content (AvgIpc) is 3.06. The fourth-order valence-electron chi connectivity index (χ4n) is 2.89. The number of carbonyl (C=O) groups is 2. The van der Waals surface area contributed by atoms with Crippen LogP contribution in [0.3, 0.4) is 0 Å². The van der Waals surface area contributed by atoms with Crippen LogP contribution in [-0.4, -0.2) is 21.5 Å². The summed E-state index contributed by atoms with van der Waals surface area (Å²) in [6.07, 6.45) is 3.52. The van der Waals surface area contributed by atoms with Crippen LogP contribution in [0.25, 0.3) is 6.08 Å². The summed E-state index contributed by atoms with van der Waals surface area (Å²) < 4.78 is 1.96. The molecule has 0 radical (unpaired) electrons. The van der Waals surface area contributed by atoms with Crippen LogP contribution >= 0.6 is 12.2 Å². The number of hydrogen-bond donors (Lipinski definition) is 1. The highest BCUT2D eigenvalue weighted by molar-refractivity contribution is 7.80. The summed E-state index contributed by atoms with van der Waals surface area (Å²) >= 11 is 5.24. The Hall–Kier alpha value is -2.73. The van der Waals surface area contributed by atoms with Gasteiger partial charge >= 0.3 is 0 Å². The molecule has 2 amide bonds. The van der Waals surface area contributed by atoms with Crippen molar-refractivity contribution in [1.29, 1.82) is 0 Å². The summed E-state index contributed by atoms with van der Waals surface area (Å²) in [7, 11) is 0. The molecule has 0 bridgehead atoms. The van der Waals surface area contributed by atoms with Crippen LogP contribution < -0.4 is 10.2 Å². The first kappa shape index (κ1) is 18.1. The van der Waals surface area contributed by atoms with Gasteiger partial charge < -0.3 is 4.57 Å². The minimum absolute atomic E-state index is 0.0694. The molecular weight excluding hydrogens is 346 g/mol. The Morgan fingerprint density at radius 1 is 1.15 bits per heavy atom. The third-order valence-electron chi connectivity index (χ3n) is 4.42. The Kier molecular flexibility index (Phi) is 5.04. The van der Waals surface area contributed by atoms with Crippen molar-refractivity contribution in [2.45, 2.75) is 33.2 Å². The molecule has 1 N–H and O–H groups in total. The lowest BCUT2D eigenvalue weighted by molar-refractivity contribution is -0.122. The van der Waals surface area contributed by atoms with E-state index < -0.39 is 11.8 Å². The van der Waals surface area contributed by atoms with Gasteiger partial charge in [0.2, 0.25) is 0 Å². The molecule has 26 heavy (non-hydrogen) atoms. The van der Waals surface area contributed by atoms with Gasteiger partial charge in [-0.25, -0.2) is 0 Å². The zero-order chi connectivity index (χ0) is 18.8. The van der Waals surface area contributed by atoms with E-state index in [1.54, 1.807) is 6.08 Å². The highest BCUT2D eigenvalue weighted by Crippen LogP contribution is 2.24. The standard InChI is InChI=1S/C20H21N3O2S/c1-4-22-11-5-6-16(22)12-17-18(24)21-20(26)23(19(17)25)15-9-7-14(8-10-15)13(2)3/h5-13H,4H2,1-3H3,(H,21,24,26)/b17-12+. The zero-order valence-electron chi connectivity index (χ0n) is 15.0. The molecule has 1 saturated heterocycles. The van der Waals surface area contributed by atoms with Crippen LogP contribution in [0.2, 0.25) is 0 Å². The van der Waals surface area contributed by atoms with Gasteiger partial charge in [-0.1, -0.05) is 26.0 Å². The lowest BCUT2D eigenvalue weighted by atomic mass is 10.0. The third-order valence-corrected chi connectivity index (χ3v) is 4.70. The number of anilines is 1. The molecule has 1 fully saturated rings. The maximum absolute atomic E-state index is 13.0. The second-order valence-corrected chi connectivity index (χ2v) is 6.81. The summed E-state index contributed by atoms with van der Waals surface area (Å²) in [4.78, 5) is 26.7. The molecule has 6 heteroatoms. The number of nitrogens with one attached hydrogen (secondary N) is 1. The van der Waals surface area contributed by atoms with E-state index in [9.17, 15) is 9.59 Å². The van der Waals surface area contributed by atoms with Gasteiger partial charge in [-0.15, -0.1) is 0 Å². The number of aryl methyl sites for hydroxylation is 1. The van der Waals surface area contributed by atoms with Gasteiger partial charge in [-0.2, -0.15) is 0 Å². The van der Waals surface area contributed by atoms with E-state index in [0.29, 0.717) is 11.6 Å². The number of nitrogens with zero attached hydrogens (tertiary/aromatic N) is 2. The van der Waals surface area contributed by atoms with E-state index in [-0.39, 0.29) is 10.7 Å². The number of aromatic nitrogens is 1. The van der Waals surface area contributed by atoms with Gasteiger partial charge in [0.1, 0.15) is 5.57 Å². The van der Waals surface area contributed by atoms with Crippen molar-refractivity contribution in [3.8, 4) is 0 Å².